The van der Waals surface area contributed by atoms with Crippen molar-refractivity contribution in [2.75, 3.05) is 0 Å². The third-order valence-electron chi connectivity index (χ3n) is 6.71. The summed E-state index contributed by atoms with van der Waals surface area (Å²) >= 11 is 0. The molecule has 0 aliphatic carbocycles. The first-order valence-electron chi connectivity index (χ1n) is 11.4. The van der Waals surface area contributed by atoms with Gasteiger partial charge in [0.15, 0.2) is 0 Å². The zero-order valence-electron chi connectivity index (χ0n) is 19.4. The van der Waals surface area contributed by atoms with E-state index in [4.69, 9.17) is 9.31 Å². The van der Waals surface area contributed by atoms with Crippen molar-refractivity contribution < 1.29 is 9.31 Å². The van der Waals surface area contributed by atoms with Gasteiger partial charge in [-0.2, -0.15) is 0 Å². The Labute approximate surface area is 183 Å². The van der Waals surface area contributed by atoms with Gasteiger partial charge in [-0.1, -0.05) is 92.6 Å². The number of hydrogen-bond donors (Lipinski definition) is 0. The van der Waals surface area contributed by atoms with E-state index in [-0.39, 0.29) is 23.6 Å². The molecule has 1 atom stereocenters. The Balaban J connectivity index is 2.06. The van der Waals surface area contributed by atoms with Crippen LogP contribution < -0.4 is 0 Å². The number of allylic oxidation sites excluding steroid dienone is 2. The molecule has 30 heavy (non-hydrogen) atoms. The predicted molar refractivity (Wildman–Crippen MR) is 128 cm³/mol. The van der Waals surface area contributed by atoms with Gasteiger partial charge in [-0.25, -0.2) is 0 Å². The molecular formula is C27H37BO2. The molecule has 3 heteroatoms. The molecule has 2 aromatic rings. The van der Waals surface area contributed by atoms with Crippen molar-refractivity contribution >= 4 is 7.12 Å². The lowest BCUT2D eigenvalue weighted by atomic mass is 9.51. The van der Waals surface area contributed by atoms with E-state index in [0.717, 1.165) is 12.8 Å². The zero-order chi connectivity index (χ0) is 21.7. The maximum atomic E-state index is 6.66. The Morgan fingerprint density at radius 1 is 0.833 bits per heavy atom. The van der Waals surface area contributed by atoms with Crippen molar-refractivity contribution in [2.24, 2.45) is 0 Å². The van der Waals surface area contributed by atoms with Crippen LogP contribution >= 0.6 is 0 Å². The molecule has 0 spiro atoms. The first-order valence-corrected chi connectivity index (χ1v) is 11.4. The summed E-state index contributed by atoms with van der Waals surface area (Å²) in [4.78, 5) is 0. The normalized spacial score (nSPS) is 19.8. The lowest BCUT2D eigenvalue weighted by molar-refractivity contribution is 0.00578. The van der Waals surface area contributed by atoms with Crippen LogP contribution in [0.4, 0.5) is 0 Å². The standard InChI is InChI=1S/C27H37BO2/c1-6-7-8-9-16-21-27(24-19-14-11-15-20-24,22-23-17-12-10-13-18-23)28-29-25(2,3)26(4,5)30-28/h10-21H,6-9,22H2,1-5H3/b21-16+. The summed E-state index contributed by atoms with van der Waals surface area (Å²) in [6.07, 6.45) is 10.3. The molecule has 1 saturated heterocycles. The number of rotatable bonds is 9. The van der Waals surface area contributed by atoms with Crippen molar-refractivity contribution in [3.8, 4) is 0 Å². The molecule has 0 amide bonds. The van der Waals surface area contributed by atoms with Crippen molar-refractivity contribution in [3.63, 3.8) is 0 Å². The number of unbranched alkanes of at least 4 members (excludes halogenated alkanes) is 3. The molecule has 1 aliphatic heterocycles. The first kappa shape index (κ1) is 22.8. The Kier molecular flexibility index (Phi) is 7.26. The van der Waals surface area contributed by atoms with E-state index < -0.39 is 0 Å². The molecule has 1 heterocycles. The van der Waals surface area contributed by atoms with Crippen LogP contribution in [-0.4, -0.2) is 18.3 Å². The zero-order valence-corrected chi connectivity index (χ0v) is 19.4. The smallest absolute Gasteiger partial charge is 0.402 e. The summed E-state index contributed by atoms with van der Waals surface area (Å²) in [7, 11) is -0.354. The van der Waals surface area contributed by atoms with Crippen LogP contribution in [0.2, 0.25) is 0 Å². The Morgan fingerprint density at radius 2 is 1.40 bits per heavy atom. The highest BCUT2D eigenvalue weighted by Gasteiger charge is 2.59. The largest absolute Gasteiger partial charge is 0.473 e. The molecule has 1 fully saturated rings. The minimum atomic E-state index is -0.389. The van der Waals surface area contributed by atoms with Gasteiger partial charge in [-0.3, -0.25) is 0 Å². The predicted octanol–water partition coefficient (Wildman–Crippen LogP) is 6.94. The first-order chi connectivity index (χ1) is 14.3. The van der Waals surface area contributed by atoms with Gasteiger partial charge in [0.25, 0.3) is 0 Å². The molecule has 0 N–H and O–H groups in total. The minimum absolute atomic E-state index is 0.354. The van der Waals surface area contributed by atoms with E-state index in [1.807, 2.05) is 0 Å². The molecule has 1 unspecified atom stereocenters. The summed E-state index contributed by atoms with van der Waals surface area (Å²) in [5.41, 5.74) is 1.78. The fourth-order valence-corrected chi connectivity index (χ4v) is 4.10. The van der Waals surface area contributed by atoms with Crippen LogP contribution in [0.25, 0.3) is 0 Å². The highest BCUT2D eigenvalue weighted by molar-refractivity contribution is 6.50. The fourth-order valence-electron chi connectivity index (χ4n) is 4.10. The number of benzene rings is 2. The average Bonchev–Trinajstić information content (AvgIpc) is 2.96. The molecule has 3 rings (SSSR count). The maximum Gasteiger partial charge on any atom is 0.473 e. The molecule has 160 valence electrons. The van der Waals surface area contributed by atoms with Gasteiger partial charge in [-0.15, -0.1) is 0 Å². The Bertz CT molecular complexity index is 797. The van der Waals surface area contributed by atoms with Crippen LogP contribution in [-0.2, 0) is 21.0 Å². The van der Waals surface area contributed by atoms with Crippen LogP contribution in [0.1, 0.15) is 71.4 Å². The van der Waals surface area contributed by atoms with Crippen LogP contribution in [0, 0.1) is 0 Å². The van der Waals surface area contributed by atoms with Crippen molar-refractivity contribution in [2.45, 2.75) is 83.2 Å². The van der Waals surface area contributed by atoms with E-state index in [1.54, 1.807) is 0 Å². The maximum absolute atomic E-state index is 6.66. The molecule has 0 saturated carbocycles. The van der Waals surface area contributed by atoms with Gasteiger partial charge >= 0.3 is 7.12 Å². The average molecular weight is 404 g/mol. The summed E-state index contributed by atoms with van der Waals surface area (Å²) < 4.78 is 13.3. The van der Waals surface area contributed by atoms with Crippen molar-refractivity contribution in [1.82, 2.24) is 0 Å². The Morgan fingerprint density at radius 3 is 1.97 bits per heavy atom. The second-order valence-corrected chi connectivity index (χ2v) is 9.56. The van der Waals surface area contributed by atoms with Crippen molar-refractivity contribution in [1.29, 1.82) is 0 Å². The van der Waals surface area contributed by atoms with E-state index in [1.165, 1.54) is 30.4 Å². The molecule has 0 aromatic heterocycles. The summed E-state index contributed by atoms with van der Waals surface area (Å²) in [6.45, 7) is 10.8. The molecule has 2 nitrogen and oxygen atoms in total. The summed E-state index contributed by atoms with van der Waals surface area (Å²) in [6, 6.07) is 21.4. The Hall–Kier alpha value is -1.84. The third kappa shape index (κ3) is 4.90. The lowest BCUT2D eigenvalue weighted by Crippen LogP contribution is -2.46. The summed E-state index contributed by atoms with van der Waals surface area (Å²) in [5.74, 6) is 0. The van der Waals surface area contributed by atoms with Crippen LogP contribution in [0.3, 0.4) is 0 Å². The van der Waals surface area contributed by atoms with Crippen molar-refractivity contribution in [3.05, 3.63) is 83.9 Å². The third-order valence-corrected chi connectivity index (χ3v) is 6.71. The van der Waals surface area contributed by atoms with Gasteiger partial charge in [0, 0.05) is 0 Å². The van der Waals surface area contributed by atoms with Crippen LogP contribution in [0.5, 0.6) is 0 Å². The highest BCUT2D eigenvalue weighted by atomic mass is 16.7. The quantitative estimate of drug-likeness (QED) is 0.256. The lowest BCUT2D eigenvalue weighted by Gasteiger charge is -2.34. The molecule has 0 bridgehead atoms. The fraction of sp³-hybridized carbons (Fsp3) is 0.481. The molecular weight excluding hydrogens is 367 g/mol. The number of hydrogen-bond acceptors (Lipinski definition) is 2. The van der Waals surface area contributed by atoms with Gasteiger partial charge in [0.2, 0.25) is 0 Å². The van der Waals surface area contributed by atoms with E-state index in [2.05, 4.69) is 107 Å². The second-order valence-electron chi connectivity index (χ2n) is 9.56. The van der Waals surface area contributed by atoms with Gasteiger partial charge in [0.1, 0.15) is 0 Å². The SMILES string of the molecule is CCCCC/C=C/C(Cc1ccccc1)(B1OC(C)(C)C(C)(C)O1)c1ccccc1. The monoisotopic (exact) mass is 404 g/mol. The highest BCUT2D eigenvalue weighted by Crippen LogP contribution is 2.45. The van der Waals surface area contributed by atoms with E-state index in [0.29, 0.717) is 0 Å². The van der Waals surface area contributed by atoms with Gasteiger partial charge in [-0.05, 0) is 58.1 Å². The van der Waals surface area contributed by atoms with Gasteiger partial charge < -0.3 is 9.31 Å². The molecule has 2 aromatic carbocycles. The van der Waals surface area contributed by atoms with E-state index >= 15 is 0 Å². The molecule has 1 aliphatic rings. The second kappa shape index (κ2) is 9.53. The topological polar surface area (TPSA) is 18.5 Å². The van der Waals surface area contributed by atoms with Gasteiger partial charge in [0.05, 0.1) is 16.5 Å². The minimum Gasteiger partial charge on any atom is -0.402 e. The molecule has 0 radical (unpaired) electrons. The van der Waals surface area contributed by atoms with Crippen LogP contribution in [0.15, 0.2) is 72.8 Å². The van der Waals surface area contributed by atoms with E-state index in [9.17, 15) is 0 Å². The summed E-state index contributed by atoms with van der Waals surface area (Å²) in [5, 5.41) is -0.389.